The first-order valence-corrected chi connectivity index (χ1v) is 5.97. The van der Waals surface area contributed by atoms with E-state index in [2.05, 4.69) is 9.88 Å². The van der Waals surface area contributed by atoms with Crippen molar-refractivity contribution < 1.29 is 9.47 Å². The Balaban J connectivity index is 1.77. The first-order chi connectivity index (χ1) is 8.40. The normalized spacial score (nSPS) is 17.0. The van der Waals surface area contributed by atoms with Crippen molar-refractivity contribution in [2.45, 2.75) is 6.54 Å². The van der Waals surface area contributed by atoms with Gasteiger partial charge in [0.25, 0.3) is 0 Å². The number of ether oxygens (including phenoxy) is 2. The summed E-state index contributed by atoms with van der Waals surface area (Å²) in [5.74, 6) is 0.795. The third-order valence-electron chi connectivity index (χ3n) is 2.81. The van der Waals surface area contributed by atoms with Gasteiger partial charge in [-0.1, -0.05) is 0 Å². The predicted molar refractivity (Wildman–Crippen MR) is 64.9 cm³/mol. The summed E-state index contributed by atoms with van der Waals surface area (Å²) in [7, 11) is 0. The Hall–Kier alpha value is -1.17. The van der Waals surface area contributed by atoms with Gasteiger partial charge in [-0.3, -0.25) is 9.88 Å². The molecule has 1 aromatic rings. The van der Waals surface area contributed by atoms with Crippen molar-refractivity contribution in [3.63, 3.8) is 0 Å². The summed E-state index contributed by atoms with van der Waals surface area (Å²) in [5.41, 5.74) is 6.41. The molecule has 0 amide bonds. The first kappa shape index (κ1) is 12.3. The highest BCUT2D eigenvalue weighted by molar-refractivity contribution is 5.26. The molecule has 0 saturated carbocycles. The maximum absolute atomic E-state index is 5.71. The average molecular weight is 237 g/mol. The van der Waals surface area contributed by atoms with Gasteiger partial charge in [0.2, 0.25) is 0 Å². The van der Waals surface area contributed by atoms with Crippen LogP contribution in [0.3, 0.4) is 0 Å². The SMILES string of the molecule is NCc1ncccc1OCCN1CCOCC1. The number of pyridine rings is 1. The number of rotatable bonds is 5. The van der Waals surface area contributed by atoms with Gasteiger partial charge in [-0.15, -0.1) is 0 Å². The van der Waals surface area contributed by atoms with Gasteiger partial charge >= 0.3 is 0 Å². The fourth-order valence-corrected chi connectivity index (χ4v) is 1.82. The molecular formula is C12H19N3O2. The van der Waals surface area contributed by atoms with Crippen LogP contribution in [0.15, 0.2) is 18.3 Å². The minimum absolute atomic E-state index is 0.410. The van der Waals surface area contributed by atoms with Crippen molar-refractivity contribution in [3.05, 3.63) is 24.0 Å². The maximum atomic E-state index is 5.71. The Morgan fingerprint density at radius 1 is 1.41 bits per heavy atom. The zero-order valence-corrected chi connectivity index (χ0v) is 9.97. The minimum Gasteiger partial charge on any atom is -0.490 e. The van der Waals surface area contributed by atoms with Crippen molar-refractivity contribution in [2.24, 2.45) is 5.73 Å². The van der Waals surface area contributed by atoms with Gasteiger partial charge in [-0.05, 0) is 12.1 Å². The van der Waals surface area contributed by atoms with Crippen LogP contribution in [0.5, 0.6) is 5.75 Å². The first-order valence-electron chi connectivity index (χ1n) is 5.97. The lowest BCUT2D eigenvalue weighted by atomic mass is 10.3. The molecule has 1 aliphatic heterocycles. The molecule has 2 heterocycles. The largest absolute Gasteiger partial charge is 0.490 e. The summed E-state index contributed by atoms with van der Waals surface area (Å²) in [6.45, 7) is 5.61. The monoisotopic (exact) mass is 237 g/mol. The fraction of sp³-hybridized carbons (Fsp3) is 0.583. The van der Waals surface area contributed by atoms with Crippen LogP contribution in [0, 0.1) is 0 Å². The van der Waals surface area contributed by atoms with Crippen molar-refractivity contribution in [1.29, 1.82) is 0 Å². The molecule has 5 heteroatoms. The van der Waals surface area contributed by atoms with Crippen LogP contribution >= 0.6 is 0 Å². The Labute approximate surface area is 102 Å². The molecule has 1 aliphatic rings. The van der Waals surface area contributed by atoms with Crippen LogP contribution in [-0.2, 0) is 11.3 Å². The summed E-state index contributed by atoms with van der Waals surface area (Å²) < 4.78 is 11.0. The quantitative estimate of drug-likeness (QED) is 0.795. The molecule has 0 aromatic carbocycles. The number of nitrogens with two attached hydrogens (primary N) is 1. The van der Waals surface area contributed by atoms with Gasteiger partial charge in [0, 0.05) is 32.4 Å². The van der Waals surface area contributed by atoms with Gasteiger partial charge in [-0.2, -0.15) is 0 Å². The standard InChI is InChI=1S/C12H19N3O2/c13-10-11-12(2-1-3-14-11)17-9-6-15-4-7-16-8-5-15/h1-3H,4-10,13H2. The van der Waals surface area contributed by atoms with Gasteiger partial charge in [0.15, 0.2) is 0 Å². The second kappa shape index (κ2) is 6.54. The molecule has 2 rings (SSSR count). The number of hydrogen-bond donors (Lipinski definition) is 1. The van der Waals surface area contributed by atoms with Gasteiger partial charge < -0.3 is 15.2 Å². The van der Waals surface area contributed by atoms with Gasteiger partial charge in [0.05, 0.1) is 18.9 Å². The summed E-state index contributed by atoms with van der Waals surface area (Å²) >= 11 is 0. The van der Waals surface area contributed by atoms with Crippen LogP contribution in [0.25, 0.3) is 0 Å². The second-order valence-corrected chi connectivity index (χ2v) is 3.95. The topological polar surface area (TPSA) is 60.6 Å². The van der Waals surface area contributed by atoms with E-state index in [-0.39, 0.29) is 0 Å². The summed E-state index contributed by atoms with van der Waals surface area (Å²) in [6.07, 6.45) is 1.73. The van der Waals surface area contributed by atoms with E-state index >= 15 is 0 Å². The summed E-state index contributed by atoms with van der Waals surface area (Å²) in [6, 6.07) is 3.78. The number of aromatic nitrogens is 1. The smallest absolute Gasteiger partial charge is 0.142 e. The van der Waals surface area contributed by atoms with Crippen molar-refractivity contribution >= 4 is 0 Å². The molecule has 0 aliphatic carbocycles. The molecule has 0 unspecified atom stereocenters. The number of hydrogen-bond acceptors (Lipinski definition) is 5. The third kappa shape index (κ3) is 3.66. The number of morpholine rings is 1. The highest BCUT2D eigenvalue weighted by atomic mass is 16.5. The lowest BCUT2D eigenvalue weighted by molar-refractivity contribution is 0.0322. The molecule has 1 aromatic heterocycles. The van der Waals surface area contributed by atoms with Crippen molar-refractivity contribution in [3.8, 4) is 5.75 Å². The van der Waals surface area contributed by atoms with Crippen molar-refractivity contribution in [1.82, 2.24) is 9.88 Å². The number of nitrogens with zero attached hydrogens (tertiary/aromatic N) is 2. The molecule has 2 N–H and O–H groups in total. The van der Waals surface area contributed by atoms with E-state index in [1.807, 2.05) is 12.1 Å². The lowest BCUT2D eigenvalue weighted by Crippen LogP contribution is -2.38. The van der Waals surface area contributed by atoms with E-state index in [4.69, 9.17) is 15.2 Å². The third-order valence-corrected chi connectivity index (χ3v) is 2.81. The van der Waals surface area contributed by atoms with Crippen LogP contribution in [0.4, 0.5) is 0 Å². The van der Waals surface area contributed by atoms with Crippen LogP contribution in [0.2, 0.25) is 0 Å². The molecule has 1 fully saturated rings. The van der Waals surface area contributed by atoms with E-state index in [9.17, 15) is 0 Å². The van der Waals surface area contributed by atoms with E-state index in [1.54, 1.807) is 6.20 Å². The van der Waals surface area contributed by atoms with E-state index in [1.165, 1.54) is 0 Å². The van der Waals surface area contributed by atoms with Gasteiger partial charge in [-0.25, -0.2) is 0 Å². The Morgan fingerprint density at radius 3 is 3.00 bits per heavy atom. The van der Waals surface area contributed by atoms with Crippen molar-refractivity contribution in [2.75, 3.05) is 39.5 Å². The molecule has 5 nitrogen and oxygen atoms in total. The molecule has 94 valence electrons. The van der Waals surface area contributed by atoms with E-state index in [0.29, 0.717) is 13.2 Å². The fourth-order valence-electron chi connectivity index (χ4n) is 1.82. The Kier molecular flexibility index (Phi) is 4.73. The summed E-state index contributed by atoms with van der Waals surface area (Å²) in [4.78, 5) is 6.51. The Bertz CT molecular complexity index is 340. The predicted octanol–water partition coefficient (Wildman–Crippen LogP) is 0.251. The average Bonchev–Trinajstić information content (AvgIpc) is 2.40. The summed E-state index contributed by atoms with van der Waals surface area (Å²) in [5, 5.41) is 0. The highest BCUT2D eigenvalue weighted by Crippen LogP contribution is 2.14. The maximum Gasteiger partial charge on any atom is 0.142 e. The van der Waals surface area contributed by atoms with E-state index in [0.717, 1.165) is 44.3 Å². The Morgan fingerprint density at radius 2 is 2.24 bits per heavy atom. The van der Waals surface area contributed by atoms with Crippen LogP contribution in [0.1, 0.15) is 5.69 Å². The highest BCUT2D eigenvalue weighted by Gasteiger charge is 2.10. The molecular weight excluding hydrogens is 218 g/mol. The second-order valence-electron chi connectivity index (χ2n) is 3.95. The van der Waals surface area contributed by atoms with Crippen LogP contribution < -0.4 is 10.5 Å². The van der Waals surface area contributed by atoms with E-state index < -0.39 is 0 Å². The molecule has 0 bridgehead atoms. The molecule has 1 saturated heterocycles. The molecule has 0 atom stereocenters. The molecule has 0 radical (unpaired) electrons. The zero-order valence-electron chi connectivity index (χ0n) is 9.97. The molecule has 17 heavy (non-hydrogen) atoms. The minimum atomic E-state index is 0.410. The zero-order chi connectivity index (χ0) is 11.9. The lowest BCUT2D eigenvalue weighted by Gasteiger charge is -2.26. The molecule has 0 spiro atoms. The van der Waals surface area contributed by atoms with Gasteiger partial charge in [0.1, 0.15) is 12.4 Å². The van der Waals surface area contributed by atoms with Crippen LogP contribution in [-0.4, -0.2) is 49.3 Å².